The molecule has 108 valence electrons. The standard InChI is InChI=1S/C13H26N2O2.ClH/c1-9(2)12-11(5-4-6-17-12)8-15-13(16)10(3)7-14;/h9-12H,4-8,14H2,1-3H3,(H,15,16);1H. The van der Waals surface area contributed by atoms with E-state index in [1.165, 1.54) is 0 Å². The first-order valence-electron chi connectivity index (χ1n) is 6.65. The molecule has 18 heavy (non-hydrogen) atoms. The van der Waals surface area contributed by atoms with Crippen molar-refractivity contribution in [3.05, 3.63) is 0 Å². The predicted octanol–water partition coefficient (Wildman–Crippen LogP) is 1.57. The second-order valence-corrected chi connectivity index (χ2v) is 5.36. The highest BCUT2D eigenvalue weighted by molar-refractivity contribution is 5.85. The third-order valence-corrected chi connectivity index (χ3v) is 3.49. The molecule has 1 saturated heterocycles. The molecule has 5 heteroatoms. The normalized spacial score (nSPS) is 25.4. The number of carbonyl (C=O) groups is 1. The summed E-state index contributed by atoms with van der Waals surface area (Å²) in [5, 5.41) is 2.99. The van der Waals surface area contributed by atoms with Gasteiger partial charge in [-0.2, -0.15) is 0 Å². The van der Waals surface area contributed by atoms with Crippen LogP contribution in [0.4, 0.5) is 0 Å². The van der Waals surface area contributed by atoms with Crippen molar-refractivity contribution in [3.8, 4) is 0 Å². The number of hydrogen-bond acceptors (Lipinski definition) is 3. The summed E-state index contributed by atoms with van der Waals surface area (Å²) in [4.78, 5) is 11.7. The summed E-state index contributed by atoms with van der Waals surface area (Å²) in [6, 6.07) is 0. The number of carbonyl (C=O) groups excluding carboxylic acids is 1. The molecular weight excluding hydrogens is 252 g/mol. The molecule has 1 rings (SSSR count). The van der Waals surface area contributed by atoms with Gasteiger partial charge in [-0.1, -0.05) is 20.8 Å². The SMILES string of the molecule is CC(CN)C(=O)NCC1CCCOC1C(C)C.Cl. The lowest BCUT2D eigenvalue weighted by Crippen LogP contribution is -2.43. The zero-order valence-corrected chi connectivity index (χ0v) is 12.5. The number of nitrogens with one attached hydrogen (secondary N) is 1. The van der Waals surface area contributed by atoms with E-state index in [1.54, 1.807) is 0 Å². The van der Waals surface area contributed by atoms with Crippen LogP contribution in [0.25, 0.3) is 0 Å². The Balaban J connectivity index is 0.00000289. The summed E-state index contributed by atoms with van der Waals surface area (Å²) in [7, 11) is 0. The molecule has 4 nitrogen and oxygen atoms in total. The maximum absolute atomic E-state index is 11.7. The van der Waals surface area contributed by atoms with E-state index in [-0.39, 0.29) is 30.3 Å². The van der Waals surface area contributed by atoms with Crippen LogP contribution in [0.15, 0.2) is 0 Å². The Kier molecular flexibility index (Phi) is 8.57. The zero-order valence-electron chi connectivity index (χ0n) is 11.6. The van der Waals surface area contributed by atoms with E-state index in [2.05, 4.69) is 19.2 Å². The monoisotopic (exact) mass is 278 g/mol. The van der Waals surface area contributed by atoms with Crippen molar-refractivity contribution < 1.29 is 9.53 Å². The Morgan fingerprint density at radius 2 is 2.11 bits per heavy atom. The maximum Gasteiger partial charge on any atom is 0.224 e. The Morgan fingerprint density at radius 1 is 1.44 bits per heavy atom. The second kappa shape index (κ2) is 8.73. The van der Waals surface area contributed by atoms with Crippen molar-refractivity contribution in [2.24, 2.45) is 23.5 Å². The molecule has 0 aromatic heterocycles. The van der Waals surface area contributed by atoms with Crippen LogP contribution in [0, 0.1) is 17.8 Å². The molecule has 1 aliphatic rings. The van der Waals surface area contributed by atoms with Crippen LogP contribution in [0.3, 0.4) is 0 Å². The van der Waals surface area contributed by atoms with Gasteiger partial charge >= 0.3 is 0 Å². The van der Waals surface area contributed by atoms with Gasteiger partial charge in [0.2, 0.25) is 5.91 Å². The third-order valence-electron chi connectivity index (χ3n) is 3.49. The number of halogens is 1. The molecule has 1 heterocycles. The van der Waals surface area contributed by atoms with Gasteiger partial charge in [0.25, 0.3) is 0 Å². The summed E-state index contributed by atoms with van der Waals surface area (Å²) in [5.41, 5.74) is 5.47. The summed E-state index contributed by atoms with van der Waals surface area (Å²) < 4.78 is 5.80. The number of amides is 1. The van der Waals surface area contributed by atoms with E-state index in [0.717, 1.165) is 19.4 Å². The molecule has 0 saturated carbocycles. The van der Waals surface area contributed by atoms with Crippen LogP contribution in [-0.2, 0) is 9.53 Å². The van der Waals surface area contributed by atoms with Crippen LogP contribution in [0.1, 0.15) is 33.6 Å². The van der Waals surface area contributed by atoms with E-state index < -0.39 is 0 Å². The van der Waals surface area contributed by atoms with Gasteiger partial charge in [-0.3, -0.25) is 4.79 Å². The molecule has 3 N–H and O–H groups in total. The number of rotatable bonds is 5. The Hall–Kier alpha value is -0.320. The number of nitrogens with two attached hydrogens (primary N) is 1. The Morgan fingerprint density at radius 3 is 2.67 bits per heavy atom. The quantitative estimate of drug-likeness (QED) is 0.802. The lowest BCUT2D eigenvalue weighted by atomic mass is 9.87. The van der Waals surface area contributed by atoms with Crippen molar-refractivity contribution >= 4 is 18.3 Å². The molecule has 0 spiro atoms. The smallest absolute Gasteiger partial charge is 0.224 e. The summed E-state index contributed by atoms with van der Waals surface area (Å²) in [6.45, 7) is 8.17. The van der Waals surface area contributed by atoms with Gasteiger partial charge in [0.1, 0.15) is 0 Å². The summed E-state index contributed by atoms with van der Waals surface area (Å²) in [5.74, 6) is 0.902. The Bertz CT molecular complexity index is 249. The fraction of sp³-hybridized carbons (Fsp3) is 0.923. The average molecular weight is 279 g/mol. The fourth-order valence-electron chi connectivity index (χ4n) is 2.33. The molecule has 1 fully saturated rings. The molecule has 3 atom stereocenters. The second-order valence-electron chi connectivity index (χ2n) is 5.36. The average Bonchev–Trinajstić information content (AvgIpc) is 2.35. The first-order valence-corrected chi connectivity index (χ1v) is 6.65. The topological polar surface area (TPSA) is 64.4 Å². The largest absolute Gasteiger partial charge is 0.378 e. The molecule has 0 aromatic rings. The lowest BCUT2D eigenvalue weighted by Gasteiger charge is -2.34. The third kappa shape index (κ3) is 5.12. The van der Waals surface area contributed by atoms with Gasteiger partial charge in [0.05, 0.1) is 6.10 Å². The van der Waals surface area contributed by atoms with Crippen LogP contribution < -0.4 is 11.1 Å². The van der Waals surface area contributed by atoms with E-state index in [4.69, 9.17) is 10.5 Å². The van der Waals surface area contributed by atoms with Crippen LogP contribution >= 0.6 is 12.4 Å². The van der Waals surface area contributed by atoms with Crippen LogP contribution in [0.2, 0.25) is 0 Å². The fourth-order valence-corrected chi connectivity index (χ4v) is 2.33. The van der Waals surface area contributed by atoms with Gasteiger partial charge < -0.3 is 15.8 Å². The van der Waals surface area contributed by atoms with E-state index in [0.29, 0.717) is 24.9 Å². The summed E-state index contributed by atoms with van der Waals surface area (Å²) in [6.07, 6.45) is 2.51. The predicted molar refractivity (Wildman–Crippen MR) is 75.8 cm³/mol. The minimum Gasteiger partial charge on any atom is -0.378 e. The molecule has 0 radical (unpaired) electrons. The van der Waals surface area contributed by atoms with E-state index in [1.807, 2.05) is 6.92 Å². The van der Waals surface area contributed by atoms with Crippen molar-refractivity contribution in [1.82, 2.24) is 5.32 Å². The highest BCUT2D eigenvalue weighted by atomic mass is 35.5. The number of hydrogen-bond donors (Lipinski definition) is 2. The molecule has 3 unspecified atom stereocenters. The molecule has 0 bridgehead atoms. The van der Waals surface area contributed by atoms with Gasteiger partial charge in [0.15, 0.2) is 0 Å². The summed E-state index contributed by atoms with van der Waals surface area (Å²) >= 11 is 0. The van der Waals surface area contributed by atoms with Gasteiger partial charge in [-0.15, -0.1) is 12.4 Å². The zero-order chi connectivity index (χ0) is 12.8. The lowest BCUT2D eigenvalue weighted by molar-refractivity contribution is -0.125. The minimum atomic E-state index is -0.1000. The van der Waals surface area contributed by atoms with Crippen molar-refractivity contribution in [1.29, 1.82) is 0 Å². The van der Waals surface area contributed by atoms with Gasteiger partial charge in [0, 0.05) is 31.5 Å². The van der Waals surface area contributed by atoms with Gasteiger partial charge in [-0.05, 0) is 18.8 Å². The molecule has 1 amide bonds. The number of ether oxygens (including phenoxy) is 1. The van der Waals surface area contributed by atoms with Gasteiger partial charge in [-0.25, -0.2) is 0 Å². The van der Waals surface area contributed by atoms with E-state index >= 15 is 0 Å². The highest BCUT2D eigenvalue weighted by Crippen LogP contribution is 2.25. The molecular formula is C13H27ClN2O2. The first kappa shape index (κ1) is 17.7. The van der Waals surface area contributed by atoms with E-state index in [9.17, 15) is 4.79 Å². The van der Waals surface area contributed by atoms with Crippen molar-refractivity contribution in [2.45, 2.75) is 39.7 Å². The molecule has 1 aliphatic heterocycles. The van der Waals surface area contributed by atoms with Crippen LogP contribution in [0.5, 0.6) is 0 Å². The Labute approximate surface area is 116 Å². The molecule has 0 aromatic carbocycles. The minimum absolute atomic E-state index is 0. The van der Waals surface area contributed by atoms with Crippen LogP contribution in [-0.4, -0.2) is 31.7 Å². The molecule has 0 aliphatic carbocycles. The van der Waals surface area contributed by atoms with Crippen molar-refractivity contribution in [2.75, 3.05) is 19.7 Å². The maximum atomic E-state index is 11.7. The highest BCUT2D eigenvalue weighted by Gasteiger charge is 2.28. The van der Waals surface area contributed by atoms with Crippen molar-refractivity contribution in [3.63, 3.8) is 0 Å². The first-order chi connectivity index (χ1) is 8.06.